The number of hydrogen-bond acceptors (Lipinski definition) is 3. The maximum atomic E-state index is 9.89. The van der Waals surface area contributed by atoms with Gasteiger partial charge in [0.15, 0.2) is 5.69 Å². The summed E-state index contributed by atoms with van der Waals surface area (Å²) in [5.41, 5.74) is 10.2. The Labute approximate surface area is 291 Å². The summed E-state index contributed by atoms with van der Waals surface area (Å²) in [4.78, 5) is 3.65. The average Bonchev–Trinajstić information content (AvgIpc) is 3.85. The van der Waals surface area contributed by atoms with Crippen LogP contribution in [0.5, 0.6) is 0 Å². The van der Waals surface area contributed by atoms with E-state index in [-0.39, 0.29) is 5.69 Å². The molecule has 0 atom stereocenters. The van der Waals surface area contributed by atoms with E-state index in [0.717, 1.165) is 82.5 Å². The molecule has 51 heavy (non-hydrogen) atoms. The summed E-state index contributed by atoms with van der Waals surface area (Å²) < 4.78 is 11.6. The van der Waals surface area contributed by atoms with Crippen LogP contribution in [0.15, 0.2) is 144 Å². The molecule has 6 nitrogen and oxygen atoms in total. The average molecular weight is 650 g/mol. The third-order valence-corrected chi connectivity index (χ3v) is 9.99. The van der Waals surface area contributed by atoms with Gasteiger partial charge >= 0.3 is 0 Å². The first-order valence-electron chi connectivity index (χ1n) is 16.5. The van der Waals surface area contributed by atoms with Crippen LogP contribution in [0.25, 0.3) is 92.9 Å². The van der Waals surface area contributed by atoms with Crippen LogP contribution in [0, 0.1) is 29.2 Å². The van der Waals surface area contributed by atoms with Crippen LogP contribution in [-0.4, -0.2) is 9.13 Å². The highest BCUT2D eigenvalue weighted by atomic mass is 16.3. The van der Waals surface area contributed by atoms with Crippen molar-refractivity contribution in [3.63, 3.8) is 0 Å². The number of para-hydroxylation sites is 3. The maximum absolute atomic E-state index is 9.89. The van der Waals surface area contributed by atoms with Gasteiger partial charge in [0.05, 0.1) is 57.1 Å². The number of nitriles is 2. The summed E-state index contributed by atoms with van der Waals surface area (Å²) in [5, 5.41) is 25.8. The second-order valence-electron chi connectivity index (χ2n) is 12.6. The molecule has 0 amide bonds. The van der Waals surface area contributed by atoms with Crippen molar-refractivity contribution in [1.29, 1.82) is 10.5 Å². The Morgan fingerprint density at radius 3 is 1.63 bits per heavy atom. The molecule has 0 spiro atoms. The summed E-state index contributed by atoms with van der Waals surface area (Å²) >= 11 is 0. The van der Waals surface area contributed by atoms with Crippen LogP contribution in [0.4, 0.5) is 5.69 Å². The first kappa shape index (κ1) is 28.4. The van der Waals surface area contributed by atoms with Gasteiger partial charge in [-0.25, -0.2) is 4.85 Å². The molecule has 10 aromatic rings. The first-order valence-corrected chi connectivity index (χ1v) is 16.5. The van der Waals surface area contributed by atoms with Gasteiger partial charge in [-0.1, -0.05) is 66.7 Å². The minimum atomic E-state index is 0.281. The van der Waals surface area contributed by atoms with Crippen molar-refractivity contribution in [2.45, 2.75) is 0 Å². The van der Waals surface area contributed by atoms with Gasteiger partial charge in [-0.05, 0) is 78.4 Å². The number of fused-ring (bicyclic) bond motifs is 11. The highest BCUT2D eigenvalue weighted by Gasteiger charge is 2.22. The third kappa shape index (κ3) is 3.95. The summed E-state index contributed by atoms with van der Waals surface area (Å²) in [6.07, 6.45) is 0. The summed E-state index contributed by atoms with van der Waals surface area (Å²) in [5.74, 6) is 0. The SMILES string of the molecule is [C-]#[N+]c1cc(C#N)cc(C#N)c1-c1ccc(-n2c3ccccc3c3c4oc5c(ccc6c5c5ccccc5n6-c5ccccc5)c4ccc32)cc1. The zero-order valence-electron chi connectivity index (χ0n) is 26.9. The minimum absolute atomic E-state index is 0.281. The molecule has 7 aromatic carbocycles. The summed E-state index contributed by atoms with van der Waals surface area (Å²) in [6, 6.07) is 51.2. The molecule has 0 bridgehead atoms. The molecular formula is C45H23N5O. The van der Waals surface area contributed by atoms with E-state index >= 15 is 0 Å². The van der Waals surface area contributed by atoms with E-state index in [1.54, 1.807) is 0 Å². The van der Waals surface area contributed by atoms with Crippen LogP contribution in [0.3, 0.4) is 0 Å². The monoisotopic (exact) mass is 649 g/mol. The van der Waals surface area contributed by atoms with Crippen LogP contribution in [0.1, 0.15) is 11.1 Å². The molecule has 0 radical (unpaired) electrons. The fourth-order valence-electron chi connectivity index (χ4n) is 7.88. The Bertz CT molecular complexity index is 3180. The van der Waals surface area contributed by atoms with Gasteiger partial charge in [-0.15, -0.1) is 0 Å². The Balaban J connectivity index is 1.22. The molecule has 0 fully saturated rings. The van der Waals surface area contributed by atoms with Crippen molar-refractivity contribution in [2.75, 3.05) is 0 Å². The molecule has 0 N–H and O–H groups in total. The van der Waals surface area contributed by atoms with Crippen LogP contribution in [-0.2, 0) is 0 Å². The smallest absolute Gasteiger partial charge is 0.197 e. The van der Waals surface area contributed by atoms with Crippen molar-refractivity contribution in [1.82, 2.24) is 9.13 Å². The number of nitrogens with zero attached hydrogens (tertiary/aromatic N) is 5. The molecule has 0 saturated carbocycles. The van der Waals surface area contributed by atoms with E-state index in [2.05, 4.69) is 117 Å². The standard InChI is InChI=1S/C45H23N5O/c1-48-36-24-27(25-46)23-29(26-47)41(36)28-15-17-31(18-16-28)50-38-14-8-6-12-35(38)43-40(50)22-20-33-32-19-21-39-42(44(32)51-45(33)43)34-11-5-7-13-37(34)49(39)30-9-3-2-4-10-30/h2-24H. The van der Waals surface area contributed by atoms with Crippen molar-refractivity contribution >= 4 is 71.2 Å². The number of hydrogen-bond donors (Lipinski definition) is 0. The number of benzene rings is 7. The van der Waals surface area contributed by atoms with Gasteiger partial charge in [-0.2, -0.15) is 10.5 Å². The first-order chi connectivity index (χ1) is 25.2. The normalized spacial score (nSPS) is 11.5. The lowest BCUT2D eigenvalue weighted by molar-refractivity contribution is 0.677. The number of furan rings is 1. The van der Waals surface area contributed by atoms with Gasteiger partial charge in [0, 0.05) is 44.0 Å². The Hall–Kier alpha value is -7.59. The topological polar surface area (TPSA) is 74.9 Å². The second kappa shape index (κ2) is 10.7. The molecule has 234 valence electrons. The summed E-state index contributed by atoms with van der Waals surface area (Å²) in [6.45, 7) is 7.74. The lowest BCUT2D eigenvalue weighted by atomic mass is 9.96. The van der Waals surface area contributed by atoms with Crippen molar-refractivity contribution in [3.8, 4) is 34.6 Å². The maximum Gasteiger partial charge on any atom is 0.197 e. The zero-order chi connectivity index (χ0) is 34.2. The van der Waals surface area contributed by atoms with E-state index in [0.29, 0.717) is 16.7 Å². The lowest BCUT2D eigenvalue weighted by Crippen LogP contribution is -1.94. The lowest BCUT2D eigenvalue weighted by Gasteiger charge is -2.11. The Kier molecular flexibility index (Phi) is 5.97. The summed E-state index contributed by atoms with van der Waals surface area (Å²) in [7, 11) is 0. The number of rotatable bonds is 3. The van der Waals surface area contributed by atoms with Crippen molar-refractivity contribution in [2.24, 2.45) is 0 Å². The molecule has 0 aliphatic rings. The van der Waals surface area contributed by atoms with Gasteiger partial charge in [0.1, 0.15) is 11.2 Å². The quantitative estimate of drug-likeness (QED) is 0.179. The molecule has 0 unspecified atom stereocenters. The fraction of sp³-hybridized carbons (Fsp3) is 0. The van der Waals surface area contributed by atoms with Gasteiger partial charge in [0.25, 0.3) is 0 Å². The molecule has 0 saturated heterocycles. The largest absolute Gasteiger partial charge is 0.455 e. The molecule has 10 rings (SSSR count). The van der Waals surface area contributed by atoms with Crippen LogP contribution in [0.2, 0.25) is 0 Å². The predicted octanol–water partition coefficient (Wildman–Crippen LogP) is 11.7. The van der Waals surface area contributed by atoms with Crippen molar-refractivity contribution in [3.05, 3.63) is 162 Å². The molecule has 0 aliphatic carbocycles. The fourth-order valence-corrected chi connectivity index (χ4v) is 7.88. The predicted molar refractivity (Wildman–Crippen MR) is 204 cm³/mol. The van der Waals surface area contributed by atoms with Crippen molar-refractivity contribution < 1.29 is 4.42 Å². The molecular weight excluding hydrogens is 627 g/mol. The number of aromatic nitrogens is 2. The van der Waals surface area contributed by atoms with Crippen LogP contribution >= 0.6 is 0 Å². The molecule has 0 aliphatic heterocycles. The van der Waals surface area contributed by atoms with E-state index in [1.807, 2.05) is 36.4 Å². The van der Waals surface area contributed by atoms with Gasteiger partial charge in [-0.3, -0.25) is 0 Å². The van der Waals surface area contributed by atoms with E-state index in [1.165, 1.54) is 12.1 Å². The highest BCUT2D eigenvalue weighted by molar-refractivity contribution is 6.29. The van der Waals surface area contributed by atoms with Crippen LogP contribution < -0.4 is 0 Å². The molecule has 6 heteroatoms. The second-order valence-corrected chi connectivity index (χ2v) is 12.6. The van der Waals surface area contributed by atoms with E-state index in [9.17, 15) is 10.5 Å². The van der Waals surface area contributed by atoms with E-state index in [4.69, 9.17) is 11.0 Å². The zero-order valence-corrected chi connectivity index (χ0v) is 26.9. The highest BCUT2D eigenvalue weighted by Crippen LogP contribution is 2.45. The molecule has 3 aromatic heterocycles. The third-order valence-electron chi connectivity index (χ3n) is 9.99. The molecule has 3 heterocycles. The minimum Gasteiger partial charge on any atom is -0.455 e. The Morgan fingerprint density at radius 1 is 0.529 bits per heavy atom. The Morgan fingerprint density at radius 2 is 1.08 bits per heavy atom. The van der Waals surface area contributed by atoms with E-state index < -0.39 is 0 Å². The van der Waals surface area contributed by atoms with Gasteiger partial charge < -0.3 is 13.6 Å². The van der Waals surface area contributed by atoms with Gasteiger partial charge in [0.2, 0.25) is 0 Å².